The Morgan fingerprint density at radius 2 is 1.68 bits per heavy atom. The van der Waals surface area contributed by atoms with Crippen LogP contribution in [0.2, 0.25) is 0 Å². The van der Waals surface area contributed by atoms with Crippen LogP contribution in [0.15, 0.2) is 0 Å². The molecule has 108 valence electrons. The highest BCUT2D eigenvalue weighted by Gasteiger charge is 2.35. The standard InChI is InChI=1S/C14H24N2O3/c1-10-5-3-6-11(2)16(10)14(19)15-8-4-7-12(9-15)13(17)18/h10-12H,3-9H2,1-2H3,(H,17,18)/t10-,11+,12?. The second-order valence-corrected chi connectivity index (χ2v) is 5.94. The van der Waals surface area contributed by atoms with Crippen LogP contribution in [0.3, 0.4) is 0 Å². The van der Waals surface area contributed by atoms with Crippen molar-refractivity contribution in [3.8, 4) is 0 Å². The lowest BCUT2D eigenvalue weighted by Crippen LogP contribution is -2.55. The number of carbonyl (C=O) groups is 2. The van der Waals surface area contributed by atoms with Gasteiger partial charge in [0.25, 0.3) is 0 Å². The van der Waals surface area contributed by atoms with Crippen molar-refractivity contribution < 1.29 is 14.7 Å². The van der Waals surface area contributed by atoms with Crippen LogP contribution in [0.5, 0.6) is 0 Å². The second kappa shape index (κ2) is 5.80. The summed E-state index contributed by atoms with van der Waals surface area (Å²) in [7, 11) is 0. The van der Waals surface area contributed by atoms with Gasteiger partial charge >= 0.3 is 12.0 Å². The molecule has 2 heterocycles. The molecule has 2 saturated heterocycles. The molecule has 0 spiro atoms. The zero-order chi connectivity index (χ0) is 14.0. The minimum atomic E-state index is -0.780. The van der Waals surface area contributed by atoms with Gasteiger partial charge in [-0.1, -0.05) is 0 Å². The summed E-state index contributed by atoms with van der Waals surface area (Å²) in [5.74, 6) is -1.18. The average molecular weight is 268 g/mol. The summed E-state index contributed by atoms with van der Waals surface area (Å²) < 4.78 is 0. The highest BCUT2D eigenvalue weighted by atomic mass is 16.4. The van der Waals surface area contributed by atoms with Crippen molar-refractivity contribution in [3.63, 3.8) is 0 Å². The molecule has 0 aromatic heterocycles. The first-order chi connectivity index (χ1) is 9.00. The number of carboxylic acid groups (broad SMARTS) is 1. The molecule has 2 aliphatic rings. The third-order valence-electron chi connectivity index (χ3n) is 4.46. The minimum absolute atomic E-state index is 0.0330. The van der Waals surface area contributed by atoms with Crippen LogP contribution in [-0.4, -0.2) is 52.1 Å². The van der Waals surface area contributed by atoms with Gasteiger partial charge in [0, 0.05) is 25.2 Å². The molecular weight excluding hydrogens is 244 g/mol. The summed E-state index contributed by atoms with van der Waals surface area (Å²) in [5.41, 5.74) is 0. The molecule has 2 fully saturated rings. The Balaban J connectivity index is 2.03. The number of likely N-dealkylation sites (tertiary alicyclic amines) is 2. The molecule has 0 aromatic rings. The summed E-state index contributed by atoms with van der Waals surface area (Å²) in [6.07, 6.45) is 4.74. The molecule has 2 amide bonds. The van der Waals surface area contributed by atoms with Gasteiger partial charge in [-0.25, -0.2) is 4.79 Å². The van der Waals surface area contributed by atoms with Crippen molar-refractivity contribution in [1.29, 1.82) is 0 Å². The van der Waals surface area contributed by atoms with Gasteiger partial charge in [-0.3, -0.25) is 4.79 Å². The van der Waals surface area contributed by atoms with E-state index in [9.17, 15) is 9.59 Å². The number of urea groups is 1. The van der Waals surface area contributed by atoms with Gasteiger partial charge in [-0.15, -0.1) is 0 Å². The molecule has 3 atom stereocenters. The SMILES string of the molecule is C[C@@H]1CCC[C@H](C)N1C(=O)N1CCCC(C(=O)O)C1. The lowest BCUT2D eigenvalue weighted by molar-refractivity contribution is -0.143. The van der Waals surface area contributed by atoms with Crippen molar-refractivity contribution >= 4 is 12.0 Å². The Bertz CT molecular complexity index is 349. The Morgan fingerprint density at radius 3 is 2.26 bits per heavy atom. The lowest BCUT2D eigenvalue weighted by atomic mass is 9.96. The van der Waals surface area contributed by atoms with Gasteiger partial charge < -0.3 is 14.9 Å². The fourth-order valence-electron chi connectivity index (χ4n) is 3.31. The summed E-state index contributed by atoms with van der Waals surface area (Å²) in [4.78, 5) is 27.4. The van der Waals surface area contributed by atoms with Crippen LogP contribution in [-0.2, 0) is 4.79 Å². The van der Waals surface area contributed by atoms with E-state index in [4.69, 9.17) is 5.11 Å². The van der Waals surface area contributed by atoms with Gasteiger partial charge in [0.15, 0.2) is 0 Å². The van der Waals surface area contributed by atoms with E-state index >= 15 is 0 Å². The molecule has 2 rings (SSSR count). The molecule has 5 heteroatoms. The number of amides is 2. The van der Waals surface area contributed by atoms with Crippen LogP contribution in [0.25, 0.3) is 0 Å². The molecular formula is C14H24N2O3. The predicted octanol–water partition coefficient (Wildman–Crippen LogP) is 2.17. The first-order valence-electron chi connectivity index (χ1n) is 7.30. The van der Waals surface area contributed by atoms with Crippen LogP contribution in [0.1, 0.15) is 46.0 Å². The van der Waals surface area contributed by atoms with Crippen LogP contribution in [0.4, 0.5) is 4.79 Å². The van der Waals surface area contributed by atoms with Gasteiger partial charge in [-0.05, 0) is 46.0 Å². The molecule has 0 saturated carbocycles. The molecule has 1 N–H and O–H groups in total. The normalized spacial score (nSPS) is 32.2. The van der Waals surface area contributed by atoms with E-state index in [1.807, 2.05) is 4.90 Å². The van der Waals surface area contributed by atoms with Crippen LogP contribution >= 0.6 is 0 Å². The number of rotatable bonds is 1. The van der Waals surface area contributed by atoms with E-state index < -0.39 is 11.9 Å². The monoisotopic (exact) mass is 268 g/mol. The van der Waals surface area contributed by atoms with Gasteiger partial charge in [0.05, 0.1) is 5.92 Å². The maximum absolute atomic E-state index is 12.6. The summed E-state index contributed by atoms with van der Waals surface area (Å²) >= 11 is 0. The molecule has 0 bridgehead atoms. The van der Waals surface area contributed by atoms with E-state index in [1.165, 1.54) is 6.42 Å². The molecule has 0 aromatic carbocycles. The number of carboxylic acids is 1. The molecule has 0 radical (unpaired) electrons. The Kier molecular flexibility index (Phi) is 4.32. The van der Waals surface area contributed by atoms with E-state index in [0.717, 1.165) is 19.3 Å². The predicted molar refractivity (Wildman–Crippen MR) is 71.9 cm³/mol. The van der Waals surface area contributed by atoms with Gasteiger partial charge in [0.1, 0.15) is 0 Å². The van der Waals surface area contributed by atoms with Crippen molar-refractivity contribution in [2.75, 3.05) is 13.1 Å². The minimum Gasteiger partial charge on any atom is -0.481 e. The van der Waals surface area contributed by atoms with Crippen molar-refractivity contribution in [1.82, 2.24) is 9.80 Å². The first-order valence-corrected chi connectivity index (χ1v) is 7.30. The van der Waals surface area contributed by atoms with Crippen molar-refractivity contribution in [3.05, 3.63) is 0 Å². The lowest BCUT2D eigenvalue weighted by Gasteiger charge is -2.43. The maximum Gasteiger partial charge on any atom is 0.320 e. The van der Waals surface area contributed by atoms with Gasteiger partial charge in [0.2, 0.25) is 0 Å². The second-order valence-electron chi connectivity index (χ2n) is 5.94. The fourth-order valence-corrected chi connectivity index (χ4v) is 3.31. The largest absolute Gasteiger partial charge is 0.481 e. The Labute approximate surface area is 114 Å². The Hall–Kier alpha value is -1.26. The third-order valence-corrected chi connectivity index (χ3v) is 4.46. The van der Waals surface area contributed by atoms with E-state index in [2.05, 4.69) is 13.8 Å². The highest BCUT2D eigenvalue weighted by molar-refractivity contribution is 5.77. The van der Waals surface area contributed by atoms with Crippen molar-refractivity contribution in [2.45, 2.75) is 58.0 Å². The van der Waals surface area contributed by atoms with E-state index in [-0.39, 0.29) is 18.1 Å². The topological polar surface area (TPSA) is 60.9 Å². The number of aliphatic carboxylic acids is 1. The zero-order valence-corrected chi connectivity index (χ0v) is 11.8. The average Bonchev–Trinajstić information content (AvgIpc) is 2.38. The molecule has 2 aliphatic heterocycles. The fraction of sp³-hybridized carbons (Fsp3) is 0.857. The quantitative estimate of drug-likeness (QED) is 0.792. The number of nitrogens with zero attached hydrogens (tertiary/aromatic N) is 2. The van der Waals surface area contributed by atoms with Crippen LogP contribution < -0.4 is 0 Å². The number of carbonyl (C=O) groups excluding carboxylic acids is 1. The van der Waals surface area contributed by atoms with Gasteiger partial charge in [-0.2, -0.15) is 0 Å². The Morgan fingerprint density at radius 1 is 1.05 bits per heavy atom. The van der Waals surface area contributed by atoms with E-state index in [1.54, 1.807) is 4.90 Å². The first kappa shape index (κ1) is 14.2. The molecule has 1 unspecified atom stereocenters. The summed E-state index contributed by atoms with van der Waals surface area (Å²) in [5, 5.41) is 9.10. The molecule has 5 nitrogen and oxygen atoms in total. The van der Waals surface area contributed by atoms with Crippen molar-refractivity contribution in [2.24, 2.45) is 5.92 Å². The molecule has 19 heavy (non-hydrogen) atoms. The smallest absolute Gasteiger partial charge is 0.320 e. The number of hydrogen-bond donors (Lipinski definition) is 1. The van der Waals surface area contributed by atoms with E-state index in [0.29, 0.717) is 19.5 Å². The number of piperidine rings is 2. The van der Waals surface area contributed by atoms with Crippen LogP contribution in [0, 0.1) is 5.92 Å². The highest BCUT2D eigenvalue weighted by Crippen LogP contribution is 2.26. The summed E-state index contributed by atoms with van der Waals surface area (Å²) in [6.45, 7) is 5.24. The zero-order valence-electron chi connectivity index (χ0n) is 11.8. The number of hydrogen-bond acceptors (Lipinski definition) is 2. The molecule has 0 aliphatic carbocycles. The maximum atomic E-state index is 12.6. The third kappa shape index (κ3) is 3.01. The summed E-state index contributed by atoms with van der Waals surface area (Å²) in [6, 6.07) is 0.563.